The van der Waals surface area contributed by atoms with Crippen molar-refractivity contribution < 1.29 is 4.74 Å². The molecule has 128 valence electrons. The zero-order valence-corrected chi connectivity index (χ0v) is 14.8. The Morgan fingerprint density at radius 3 is 2.71 bits per heavy atom. The van der Waals surface area contributed by atoms with E-state index in [2.05, 4.69) is 38.8 Å². The maximum Gasteiger partial charge on any atom is 0.262 e. The minimum atomic E-state index is -0.598. The predicted molar refractivity (Wildman–Crippen MR) is 97.6 cm³/mol. The van der Waals surface area contributed by atoms with E-state index in [4.69, 9.17) is 4.74 Å². The van der Waals surface area contributed by atoms with E-state index >= 15 is 0 Å². The van der Waals surface area contributed by atoms with Crippen LogP contribution >= 0.6 is 10.0 Å². The van der Waals surface area contributed by atoms with Crippen molar-refractivity contribution in [3.63, 3.8) is 0 Å². The Kier molecular flexibility index (Phi) is 4.68. The van der Waals surface area contributed by atoms with Gasteiger partial charge in [-0.05, 0) is 30.9 Å². The summed E-state index contributed by atoms with van der Waals surface area (Å²) in [5.41, 5.74) is 1.73. The molecule has 0 aliphatic carbocycles. The Morgan fingerprint density at radius 2 is 2.00 bits per heavy atom. The molecule has 0 aliphatic rings. The number of ether oxygens (including phenoxy) is 1. The monoisotopic (exact) mass is 347 g/mol. The highest BCUT2D eigenvalue weighted by atomic mass is 32.3. The summed E-state index contributed by atoms with van der Waals surface area (Å²) in [7, 11) is -0.598. The fraction of sp³-hybridized carbons (Fsp3) is 0.375. The van der Waals surface area contributed by atoms with Gasteiger partial charge in [0.15, 0.2) is 5.65 Å². The molecule has 0 aromatic carbocycles. The molecule has 0 bridgehead atoms. The van der Waals surface area contributed by atoms with Gasteiger partial charge in [0, 0.05) is 23.7 Å². The Labute approximate surface area is 141 Å². The lowest BCUT2D eigenvalue weighted by atomic mass is 10.1. The third-order valence-electron chi connectivity index (χ3n) is 3.54. The van der Waals surface area contributed by atoms with Crippen LogP contribution in [0, 0.1) is 0 Å². The third-order valence-corrected chi connectivity index (χ3v) is 4.93. The lowest BCUT2D eigenvalue weighted by Crippen LogP contribution is -2.12. The van der Waals surface area contributed by atoms with Gasteiger partial charge in [-0.2, -0.15) is 5.10 Å². The lowest BCUT2D eigenvalue weighted by Gasteiger charge is -2.24. The first-order chi connectivity index (χ1) is 11.5. The lowest BCUT2D eigenvalue weighted by molar-refractivity contribution is 0.0838. The molecule has 0 amide bonds. The number of fused-ring (bicyclic) bond motifs is 1. The van der Waals surface area contributed by atoms with Crippen molar-refractivity contribution in [1.29, 1.82) is 0 Å². The van der Waals surface area contributed by atoms with Gasteiger partial charge in [0.05, 0.1) is 12.9 Å². The molecule has 0 fully saturated rings. The van der Waals surface area contributed by atoms with Gasteiger partial charge in [-0.3, -0.25) is 9.78 Å². The summed E-state index contributed by atoms with van der Waals surface area (Å²) in [4.78, 5) is 23.1. The summed E-state index contributed by atoms with van der Waals surface area (Å²) >= 11 is 0. The van der Waals surface area contributed by atoms with E-state index < -0.39 is 10.0 Å². The van der Waals surface area contributed by atoms with Crippen molar-refractivity contribution in [3.05, 3.63) is 41.2 Å². The zero-order chi connectivity index (χ0) is 17.2. The maximum atomic E-state index is 12.2. The Balaban J connectivity index is 1.92. The van der Waals surface area contributed by atoms with Gasteiger partial charge >= 0.3 is 0 Å². The number of rotatable bonds is 6. The van der Waals surface area contributed by atoms with Crippen LogP contribution in [-0.4, -0.2) is 55.9 Å². The molecule has 7 nitrogen and oxygen atoms in total. The Hall–Kier alpha value is -2.19. The second-order valence-electron chi connectivity index (χ2n) is 6.35. The minimum absolute atomic E-state index is 0.211. The van der Waals surface area contributed by atoms with Crippen LogP contribution in [0.3, 0.4) is 0 Å². The molecule has 8 heteroatoms. The Bertz CT molecular complexity index is 883. The zero-order valence-electron chi connectivity index (χ0n) is 14.0. The van der Waals surface area contributed by atoms with Crippen molar-refractivity contribution in [2.24, 2.45) is 0 Å². The summed E-state index contributed by atoms with van der Waals surface area (Å²) in [5.74, 6) is 1.03. The van der Waals surface area contributed by atoms with E-state index in [1.165, 1.54) is 6.33 Å². The number of aromatic amines is 1. The standard InChI is InChI=1S/C16H21N5O2S/c1-24(2,3)9-8-23-11-21-15-13(16(22)19-10-18-15)14(20-21)12-4-6-17-7-5-12/h4-7,10H,8-9,11H2,1-3H3,(H,18,19,22). The molecule has 3 aromatic rings. The van der Waals surface area contributed by atoms with Crippen LogP contribution < -0.4 is 5.56 Å². The van der Waals surface area contributed by atoms with E-state index in [9.17, 15) is 4.79 Å². The van der Waals surface area contributed by atoms with E-state index in [-0.39, 0.29) is 12.3 Å². The summed E-state index contributed by atoms with van der Waals surface area (Å²) in [5, 5.41) is 5.01. The number of hydrogen-bond donors (Lipinski definition) is 1. The normalized spacial score (nSPS) is 12.6. The van der Waals surface area contributed by atoms with E-state index in [0.717, 1.165) is 11.3 Å². The second kappa shape index (κ2) is 6.74. The summed E-state index contributed by atoms with van der Waals surface area (Å²) in [6, 6.07) is 3.64. The van der Waals surface area contributed by atoms with Crippen molar-refractivity contribution in [1.82, 2.24) is 24.7 Å². The van der Waals surface area contributed by atoms with Crippen molar-refractivity contribution in [2.45, 2.75) is 6.73 Å². The highest BCUT2D eigenvalue weighted by molar-refractivity contribution is 8.32. The first-order valence-corrected chi connectivity index (χ1v) is 10.6. The van der Waals surface area contributed by atoms with Crippen molar-refractivity contribution in [2.75, 3.05) is 31.1 Å². The molecule has 3 aromatic heterocycles. The van der Waals surface area contributed by atoms with E-state index in [1.807, 2.05) is 12.1 Å². The molecule has 0 radical (unpaired) electrons. The summed E-state index contributed by atoms with van der Waals surface area (Å²) in [6.45, 7) is 0.932. The highest BCUT2D eigenvalue weighted by Gasteiger charge is 2.16. The Morgan fingerprint density at radius 1 is 1.25 bits per heavy atom. The topological polar surface area (TPSA) is 85.7 Å². The molecule has 0 saturated heterocycles. The summed E-state index contributed by atoms with van der Waals surface area (Å²) < 4.78 is 7.39. The van der Waals surface area contributed by atoms with E-state index in [0.29, 0.717) is 23.3 Å². The maximum absolute atomic E-state index is 12.2. The van der Waals surface area contributed by atoms with Gasteiger partial charge in [0.1, 0.15) is 17.8 Å². The molecule has 0 unspecified atom stereocenters. The van der Waals surface area contributed by atoms with Crippen LogP contribution in [0.1, 0.15) is 0 Å². The number of nitrogens with zero attached hydrogens (tertiary/aromatic N) is 4. The van der Waals surface area contributed by atoms with Crippen LogP contribution in [0.5, 0.6) is 0 Å². The largest absolute Gasteiger partial charge is 0.358 e. The van der Waals surface area contributed by atoms with E-state index in [1.54, 1.807) is 17.1 Å². The van der Waals surface area contributed by atoms with Gasteiger partial charge in [-0.1, -0.05) is 0 Å². The van der Waals surface area contributed by atoms with Crippen LogP contribution in [0.25, 0.3) is 22.3 Å². The molecule has 1 N–H and O–H groups in total. The third kappa shape index (κ3) is 3.65. The predicted octanol–water partition coefficient (Wildman–Crippen LogP) is 1.85. The molecule has 0 aliphatic heterocycles. The SMILES string of the molecule is CS(C)(C)CCOCn1nc(-c2ccncc2)c2c(=O)[nH]cnc21. The highest BCUT2D eigenvalue weighted by Crippen LogP contribution is 2.33. The molecule has 3 heterocycles. The number of aromatic nitrogens is 5. The smallest absolute Gasteiger partial charge is 0.262 e. The minimum Gasteiger partial charge on any atom is -0.358 e. The van der Waals surface area contributed by atoms with Gasteiger partial charge < -0.3 is 9.72 Å². The van der Waals surface area contributed by atoms with Crippen LogP contribution in [0.4, 0.5) is 0 Å². The molecular weight excluding hydrogens is 326 g/mol. The average Bonchev–Trinajstić information content (AvgIpc) is 2.92. The molecule has 0 saturated carbocycles. The molecule has 0 atom stereocenters. The first kappa shape index (κ1) is 16.7. The van der Waals surface area contributed by atoms with Gasteiger partial charge in [0.2, 0.25) is 0 Å². The van der Waals surface area contributed by atoms with Gasteiger partial charge in [0.25, 0.3) is 5.56 Å². The fourth-order valence-electron chi connectivity index (χ4n) is 2.28. The molecule has 0 spiro atoms. The quantitative estimate of drug-likeness (QED) is 0.688. The number of nitrogens with one attached hydrogen (secondary N) is 1. The van der Waals surface area contributed by atoms with Crippen molar-refractivity contribution in [3.8, 4) is 11.3 Å². The second-order valence-corrected chi connectivity index (χ2v) is 10.9. The van der Waals surface area contributed by atoms with Crippen molar-refractivity contribution >= 4 is 21.1 Å². The van der Waals surface area contributed by atoms with Crippen LogP contribution in [-0.2, 0) is 11.5 Å². The number of pyridine rings is 1. The van der Waals surface area contributed by atoms with Crippen LogP contribution in [0.2, 0.25) is 0 Å². The van der Waals surface area contributed by atoms with Gasteiger partial charge in [-0.15, -0.1) is 0 Å². The number of H-pyrrole nitrogens is 1. The molecular formula is C16H21N5O2S. The fourth-order valence-corrected chi connectivity index (χ4v) is 2.90. The van der Waals surface area contributed by atoms with Gasteiger partial charge in [-0.25, -0.2) is 19.7 Å². The average molecular weight is 347 g/mol. The molecule has 3 rings (SSSR count). The number of hydrogen-bond acceptors (Lipinski definition) is 5. The summed E-state index contributed by atoms with van der Waals surface area (Å²) in [6.07, 6.45) is 11.5. The van der Waals surface area contributed by atoms with Crippen LogP contribution in [0.15, 0.2) is 35.6 Å². The first-order valence-electron chi connectivity index (χ1n) is 7.54. The molecule has 24 heavy (non-hydrogen) atoms.